The number of methoxy groups -OCH3 is 1. The Morgan fingerprint density at radius 3 is 2.00 bits per heavy atom. The number of carbonyl (C=O) groups is 1. The number of hydrogen-bond acceptors (Lipinski definition) is 4. The van der Waals surface area contributed by atoms with Gasteiger partial charge in [0.25, 0.3) is 0 Å². The number of aryl methyl sites for hydroxylation is 1. The van der Waals surface area contributed by atoms with Gasteiger partial charge in [-0.25, -0.2) is 13.2 Å². The summed E-state index contributed by atoms with van der Waals surface area (Å²) in [6.45, 7) is 1.89. The first kappa shape index (κ1) is 19.4. The van der Waals surface area contributed by atoms with Crippen molar-refractivity contribution in [2.45, 2.75) is 23.4 Å². The summed E-state index contributed by atoms with van der Waals surface area (Å²) in [6.07, 6.45) is 0. The molecule has 1 heterocycles. The third kappa shape index (κ3) is 2.96. The first-order valence-electron chi connectivity index (χ1n) is 9.24. The van der Waals surface area contributed by atoms with Crippen LogP contribution >= 0.6 is 0 Å². The Bertz CT molecular complexity index is 1130. The number of ether oxygens (including phenoxy) is 1. The molecule has 3 atom stereocenters. The van der Waals surface area contributed by atoms with E-state index in [4.69, 9.17) is 4.74 Å². The third-order valence-electron chi connectivity index (χ3n) is 5.31. The van der Waals surface area contributed by atoms with Crippen molar-refractivity contribution in [3.8, 4) is 0 Å². The van der Waals surface area contributed by atoms with E-state index in [2.05, 4.69) is 0 Å². The van der Waals surface area contributed by atoms with Gasteiger partial charge in [-0.1, -0.05) is 78.4 Å². The van der Waals surface area contributed by atoms with Crippen LogP contribution < -0.4 is 0 Å². The summed E-state index contributed by atoms with van der Waals surface area (Å²) in [5, 5.41) is 0. The number of rotatable bonds is 5. The van der Waals surface area contributed by atoms with Crippen LogP contribution in [0.1, 0.15) is 22.7 Å². The third-order valence-corrected chi connectivity index (χ3v) is 7.20. The molecular formula is C23H21NO4S. The Balaban J connectivity index is 1.94. The molecule has 1 fully saturated rings. The van der Waals surface area contributed by atoms with Gasteiger partial charge in [0.15, 0.2) is 5.54 Å². The van der Waals surface area contributed by atoms with Gasteiger partial charge in [-0.15, -0.1) is 0 Å². The molecular weight excluding hydrogens is 386 g/mol. The zero-order valence-electron chi connectivity index (χ0n) is 16.1. The molecule has 0 bridgehead atoms. The van der Waals surface area contributed by atoms with E-state index in [0.717, 1.165) is 11.1 Å². The molecule has 0 spiro atoms. The van der Waals surface area contributed by atoms with Crippen LogP contribution in [-0.2, 0) is 25.1 Å². The number of benzene rings is 3. The van der Waals surface area contributed by atoms with E-state index in [1.54, 1.807) is 48.5 Å². The Hall–Kier alpha value is -2.96. The molecule has 3 aromatic carbocycles. The van der Waals surface area contributed by atoms with Gasteiger partial charge in [-0.05, 0) is 30.2 Å². The zero-order chi connectivity index (χ0) is 20.6. The molecule has 1 aliphatic heterocycles. The van der Waals surface area contributed by atoms with E-state index >= 15 is 0 Å². The SMILES string of the molecule is COC(=O)[C@@]1(c2ccccc2)[C@H](c2ccccc2)N1S(=O)(=O)c1ccc(C)cc1. The lowest BCUT2D eigenvalue weighted by molar-refractivity contribution is -0.144. The molecule has 6 heteroatoms. The summed E-state index contributed by atoms with van der Waals surface area (Å²) in [5.41, 5.74) is 0.826. The maximum absolute atomic E-state index is 13.6. The normalized spacial score (nSPS) is 23.4. The minimum absolute atomic E-state index is 0.144. The maximum Gasteiger partial charge on any atom is 0.334 e. The molecule has 1 unspecified atom stereocenters. The summed E-state index contributed by atoms with van der Waals surface area (Å²) in [6, 6.07) is 24.0. The van der Waals surface area contributed by atoms with E-state index in [0.29, 0.717) is 5.56 Å². The molecule has 3 aromatic rings. The van der Waals surface area contributed by atoms with Crippen molar-refractivity contribution in [1.29, 1.82) is 0 Å². The number of carbonyl (C=O) groups excluding carboxylic acids is 1. The van der Waals surface area contributed by atoms with Crippen LogP contribution in [0.25, 0.3) is 0 Å². The molecule has 0 N–H and O–H groups in total. The number of nitrogens with zero attached hydrogens (tertiary/aromatic N) is 1. The van der Waals surface area contributed by atoms with Gasteiger partial charge in [0, 0.05) is 0 Å². The Kier molecular flexibility index (Phi) is 4.76. The van der Waals surface area contributed by atoms with Crippen LogP contribution in [0.3, 0.4) is 0 Å². The molecule has 4 rings (SSSR count). The highest BCUT2D eigenvalue weighted by Gasteiger charge is 2.75. The number of hydrogen-bond donors (Lipinski definition) is 0. The average molecular weight is 407 g/mol. The first-order chi connectivity index (χ1) is 13.9. The molecule has 0 amide bonds. The van der Waals surface area contributed by atoms with Crippen molar-refractivity contribution < 1.29 is 17.9 Å². The molecule has 0 radical (unpaired) electrons. The topological polar surface area (TPSA) is 63.5 Å². The van der Waals surface area contributed by atoms with E-state index in [9.17, 15) is 13.2 Å². The summed E-state index contributed by atoms with van der Waals surface area (Å²) >= 11 is 0. The zero-order valence-corrected chi connectivity index (χ0v) is 17.0. The van der Waals surface area contributed by atoms with Gasteiger partial charge < -0.3 is 4.74 Å². The second-order valence-corrected chi connectivity index (χ2v) is 8.87. The fraction of sp³-hybridized carbons (Fsp3) is 0.174. The molecule has 5 nitrogen and oxygen atoms in total. The minimum atomic E-state index is -3.96. The van der Waals surface area contributed by atoms with Crippen LogP contribution in [0, 0.1) is 6.92 Å². The van der Waals surface area contributed by atoms with Crippen LogP contribution in [0.2, 0.25) is 0 Å². The highest BCUT2D eigenvalue weighted by atomic mass is 32.2. The van der Waals surface area contributed by atoms with Crippen molar-refractivity contribution in [2.75, 3.05) is 7.11 Å². The summed E-state index contributed by atoms with van der Waals surface area (Å²) in [7, 11) is -2.68. The standard InChI is InChI=1S/C23H21NO4S/c1-17-13-15-20(16-14-17)29(26,27)24-21(18-9-5-3-6-10-18)23(24,22(25)28-2)19-11-7-4-8-12-19/h3-16,21H,1-2H3/t21-,23+,24?/m0/s1. The number of sulfonamides is 1. The second-order valence-electron chi connectivity index (χ2n) is 7.05. The first-order valence-corrected chi connectivity index (χ1v) is 10.7. The molecule has 148 valence electrons. The van der Waals surface area contributed by atoms with Gasteiger partial charge in [-0.3, -0.25) is 0 Å². The second kappa shape index (κ2) is 7.13. The van der Waals surface area contributed by atoms with Crippen LogP contribution in [0.5, 0.6) is 0 Å². The monoisotopic (exact) mass is 407 g/mol. The molecule has 0 aromatic heterocycles. The fourth-order valence-corrected chi connectivity index (χ4v) is 5.76. The van der Waals surface area contributed by atoms with E-state index in [1.165, 1.54) is 11.4 Å². The molecule has 29 heavy (non-hydrogen) atoms. The van der Waals surface area contributed by atoms with Gasteiger partial charge in [-0.2, -0.15) is 4.31 Å². The highest BCUT2D eigenvalue weighted by Crippen LogP contribution is 2.63. The van der Waals surface area contributed by atoms with Gasteiger partial charge in [0.1, 0.15) is 0 Å². The Labute approximate surface area is 170 Å². The van der Waals surface area contributed by atoms with Gasteiger partial charge >= 0.3 is 5.97 Å². The van der Waals surface area contributed by atoms with Crippen LogP contribution in [0.15, 0.2) is 89.8 Å². The lowest BCUT2D eigenvalue weighted by Gasteiger charge is -2.16. The lowest BCUT2D eigenvalue weighted by atomic mass is 9.91. The van der Waals surface area contributed by atoms with Crippen molar-refractivity contribution in [3.05, 3.63) is 102 Å². The quantitative estimate of drug-likeness (QED) is 0.477. The Morgan fingerprint density at radius 1 is 0.897 bits per heavy atom. The summed E-state index contributed by atoms with van der Waals surface area (Å²) < 4.78 is 33.6. The van der Waals surface area contributed by atoms with Crippen molar-refractivity contribution in [1.82, 2.24) is 4.31 Å². The van der Waals surface area contributed by atoms with Gasteiger partial charge in [0.2, 0.25) is 10.0 Å². The number of esters is 1. The fourth-order valence-electron chi connectivity index (χ4n) is 3.89. The highest BCUT2D eigenvalue weighted by molar-refractivity contribution is 7.89. The predicted octanol–water partition coefficient (Wildman–Crippen LogP) is 3.81. The van der Waals surface area contributed by atoms with E-state index in [1.807, 2.05) is 43.3 Å². The lowest BCUT2D eigenvalue weighted by Crippen LogP contribution is -2.31. The van der Waals surface area contributed by atoms with Gasteiger partial charge in [0.05, 0.1) is 18.0 Å². The van der Waals surface area contributed by atoms with Crippen molar-refractivity contribution in [2.24, 2.45) is 0 Å². The largest absolute Gasteiger partial charge is 0.467 e. The smallest absolute Gasteiger partial charge is 0.334 e. The molecule has 0 saturated carbocycles. The average Bonchev–Trinajstić information content (AvgIpc) is 3.47. The van der Waals surface area contributed by atoms with Crippen LogP contribution in [0.4, 0.5) is 0 Å². The van der Waals surface area contributed by atoms with Crippen LogP contribution in [-0.4, -0.2) is 25.8 Å². The Morgan fingerprint density at radius 2 is 1.45 bits per heavy atom. The van der Waals surface area contributed by atoms with E-state index < -0.39 is 27.6 Å². The summed E-state index contributed by atoms with van der Waals surface area (Å²) in [4.78, 5) is 13.2. The molecule has 0 aliphatic carbocycles. The maximum atomic E-state index is 13.6. The van der Waals surface area contributed by atoms with E-state index in [-0.39, 0.29) is 4.90 Å². The molecule has 1 aliphatic rings. The minimum Gasteiger partial charge on any atom is -0.467 e. The van der Waals surface area contributed by atoms with Crippen molar-refractivity contribution >= 4 is 16.0 Å². The predicted molar refractivity (Wildman–Crippen MR) is 110 cm³/mol. The molecule has 1 saturated heterocycles. The summed E-state index contributed by atoms with van der Waals surface area (Å²) in [5.74, 6) is -0.603. The van der Waals surface area contributed by atoms with Crippen molar-refractivity contribution in [3.63, 3.8) is 0 Å².